The van der Waals surface area contributed by atoms with Crippen LogP contribution in [0.25, 0.3) is 161 Å². The number of imidazole rings is 3. The van der Waals surface area contributed by atoms with Crippen molar-refractivity contribution in [2.24, 2.45) is 0 Å². The maximum atomic E-state index is 15.1. The van der Waals surface area contributed by atoms with Crippen molar-refractivity contribution in [3.63, 3.8) is 0 Å². The van der Waals surface area contributed by atoms with E-state index >= 15 is 4.57 Å². The van der Waals surface area contributed by atoms with Gasteiger partial charge in [0.1, 0.15) is 17.5 Å². The lowest BCUT2D eigenvalue weighted by Gasteiger charge is -2.20. The number of pyridine rings is 2. The van der Waals surface area contributed by atoms with E-state index in [4.69, 9.17) is 24.9 Å². The van der Waals surface area contributed by atoms with E-state index in [0.29, 0.717) is 5.56 Å². The zero-order valence-electron chi connectivity index (χ0n) is 65.6. The molecule has 0 saturated heterocycles. The fourth-order valence-electron chi connectivity index (χ4n) is 16.5. The third-order valence-corrected chi connectivity index (χ3v) is 26.4. The average Bonchev–Trinajstić information content (AvgIpc) is 1.53. The summed E-state index contributed by atoms with van der Waals surface area (Å²) in [6.07, 6.45) is 0. The topological polar surface area (TPSA) is 125 Å². The summed E-state index contributed by atoms with van der Waals surface area (Å²) < 4.78 is 23.8. The number of anilines is 1. The predicted octanol–water partition coefficient (Wildman–Crippen LogP) is 26.9. The molecule has 122 heavy (non-hydrogen) atoms. The van der Waals surface area contributed by atoms with E-state index in [9.17, 15) is 4.79 Å². The minimum atomic E-state index is -3.12. The van der Waals surface area contributed by atoms with Gasteiger partial charge < -0.3 is 9.88 Å². The highest BCUT2D eigenvalue weighted by Crippen LogP contribution is 2.46. The van der Waals surface area contributed by atoms with Crippen molar-refractivity contribution in [1.29, 1.82) is 0 Å². The van der Waals surface area contributed by atoms with Gasteiger partial charge in [-0.1, -0.05) is 347 Å². The number of aromatic nitrogens is 8. The quantitative estimate of drug-likeness (QED) is 0.0849. The van der Waals surface area contributed by atoms with E-state index in [1.807, 2.05) is 194 Å². The second-order valence-electron chi connectivity index (χ2n) is 29.6. The summed E-state index contributed by atoms with van der Waals surface area (Å²) in [6, 6.07) is 145. The van der Waals surface area contributed by atoms with Gasteiger partial charge in [0.25, 0.3) is 5.91 Å². The zero-order valence-corrected chi connectivity index (χ0v) is 69.7. The Bertz CT molecular complexity index is 7640. The number of amides is 1. The van der Waals surface area contributed by atoms with Crippen molar-refractivity contribution in [3.8, 4) is 84.9 Å². The SMILES string of the molecule is Brc1ccc(-c2nc3ccccc3c3ccc4c(nc(-c5ccccc5)n4-c4ccccc4)c23)cc1.O=C(Nc1ccccc1-c1ccc2c(c1)nc(-c1ccccc1)n2-c1ccccc1)c1ccc(Br)cc1.O=P(c1ccccc1)(c1ccccc1)c1ccc(-c2nc3ccccc3c3ccc4c(nc(-c5ccccc5)n4-c4ccccc4)c23)cc1. The monoisotopic (exact) mass is 1720 g/mol. The molecule has 0 unspecified atom stereocenters. The van der Waals surface area contributed by atoms with Gasteiger partial charge in [-0.15, -0.1) is 0 Å². The van der Waals surface area contributed by atoms with E-state index in [1.54, 1.807) is 12.1 Å². The highest BCUT2D eigenvalue weighted by Gasteiger charge is 2.31. The second-order valence-corrected chi connectivity index (χ2v) is 34.2. The molecule has 0 bridgehead atoms. The van der Waals surface area contributed by atoms with E-state index in [0.717, 1.165) is 192 Å². The van der Waals surface area contributed by atoms with Gasteiger partial charge in [0.05, 0.1) is 55.5 Å². The Hall–Kier alpha value is -14.9. The number of nitrogens with one attached hydrogen (secondary N) is 1. The molecule has 0 aliphatic carbocycles. The van der Waals surface area contributed by atoms with Crippen molar-refractivity contribution in [1.82, 2.24) is 38.6 Å². The zero-order chi connectivity index (χ0) is 82.0. The molecule has 14 heteroatoms. The minimum absolute atomic E-state index is 0.152. The third kappa shape index (κ3) is 14.4. The summed E-state index contributed by atoms with van der Waals surface area (Å²) >= 11 is 7.00. The molecule has 0 atom stereocenters. The van der Waals surface area contributed by atoms with Gasteiger partial charge in [-0.05, 0) is 132 Å². The molecule has 5 aromatic heterocycles. The van der Waals surface area contributed by atoms with Crippen LogP contribution in [0.4, 0.5) is 5.69 Å². The van der Waals surface area contributed by atoms with Crippen molar-refractivity contribution < 1.29 is 9.36 Å². The second kappa shape index (κ2) is 33.2. The van der Waals surface area contributed by atoms with Gasteiger partial charge in [0.2, 0.25) is 0 Å². The average molecular weight is 1720 g/mol. The van der Waals surface area contributed by atoms with Crippen LogP contribution >= 0.6 is 39.0 Å². The van der Waals surface area contributed by atoms with Gasteiger partial charge in [-0.3, -0.25) is 18.5 Å². The molecule has 1 N–H and O–H groups in total. The molecule has 0 saturated carbocycles. The first kappa shape index (κ1) is 75.9. The Morgan fingerprint density at radius 3 is 1.07 bits per heavy atom. The largest absolute Gasteiger partial charge is 0.321 e. The number of carbonyl (C=O) groups is 1. The summed E-state index contributed by atoms with van der Waals surface area (Å²) in [7, 11) is -3.12. The van der Waals surface area contributed by atoms with Crippen LogP contribution in [0.1, 0.15) is 10.4 Å². The number of rotatable bonds is 14. The Labute approximate surface area is 720 Å². The molecule has 1 amide bonds. The summed E-state index contributed by atoms with van der Waals surface area (Å²) in [5.41, 5.74) is 21.1. The molecule has 22 aromatic rings. The molecule has 0 spiro atoms. The van der Waals surface area contributed by atoms with Crippen molar-refractivity contribution in [2.75, 3.05) is 5.32 Å². The molecule has 5 heterocycles. The standard InChI is InChI=1S/C44H30N3OP.C32H22BrN3O.C32H20BrN3/c48-49(34-19-9-3-10-20-34,35-21-11-4-12-22-35)36-27-25-31(26-28-36)42-41-38(37-23-13-14-24-39(37)45-42)29-30-40-43(41)46-44(32-15-5-1-6-16-32)47(40)33-17-7-2-8-18-33;33-25-18-15-23(16-19-25)32(37)35-28-14-8-7-13-27(28)24-17-20-30-29(21-24)34-31(22-9-3-1-4-10-22)36(30)26-11-5-2-6-12-26;33-23-17-15-21(16-18-23)30-29-26(25-13-7-8-14-27(25)34-30)19-20-28-31(29)35-32(22-9-3-1-4-10-22)36(28)24-11-5-2-6-12-24/h1-30H;1-21H,(H,35,37);1-20H. The highest BCUT2D eigenvalue weighted by atomic mass is 79.9. The lowest BCUT2D eigenvalue weighted by molar-refractivity contribution is 0.102. The number of carbonyl (C=O) groups excluding carboxylic acids is 1. The molecule has 0 aliphatic rings. The Balaban J connectivity index is 0.000000118. The Morgan fingerprint density at radius 2 is 0.623 bits per heavy atom. The fraction of sp³-hybridized carbons (Fsp3) is 0. The van der Waals surface area contributed by atoms with Crippen LogP contribution in [-0.2, 0) is 4.57 Å². The maximum Gasteiger partial charge on any atom is 0.255 e. The summed E-state index contributed by atoms with van der Waals surface area (Å²) in [5, 5.41) is 12.0. The van der Waals surface area contributed by atoms with Crippen LogP contribution < -0.4 is 21.2 Å². The van der Waals surface area contributed by atoms with Crippen LogP contribution in [-0.4, -0.2) is 44.5 Å². The molecular weight excluding hydrogens is 1650 g/mol. The van der Waals surface area contributed by atoms with E-state index < -0.39 is 7.14 Å². The fourth-order valence-corrected chi connectivity index (χ4v) is 19.7. The van der Waals surface area contributed by atoms with Crippen molar-refractivity contribution in [3.05, 3.63) is 445 Å². The van der Waals surface area contributed by atoms with Crippen molar-refractivity contribution >= 4 is 143 Å². The van der Waals surface area contributed by atoms with Gasteiger partial charge in [-0.25, -0.2) is 24.9 Å². The third-order valence-electron chi connectivity index (χ3n) is 22.2. The van der Waals surface area contributed by atoms with Crippen LogP contribution in [0.2, 0.25) is 0 Å². The lowest BCUT2D eigenvalue weighted by Crippen LogP contribution is -2.24. The first-order valence-electron chi connectivity index (χ1n) is 40.2. The van der Waals surface area contributed by atoms with E-state index in [1.165, 1.54) is 0 Å². The summed E-state index contributed by atoms with van der Waals surface area (Å²) in [5.74, 6) is 2.52. The smallest absolute Gasteiger partial charge is 0.255 e. The molecular formula is C108H72Br2N9O2P. The molecule has 17 aromatic carbocycles. The first-order valence-corrected chi connectivity index (χ1v) is 43.5. The van der Waals surface area contributed by atoms with E-state index in [2.05, 4.69) is 275 Å². The van der Waals surface area contributed by atoms with Gasteiger partial charge in [-0.2, -0.15) is 0 Å². The first-order chi connectivity index (χ1) is 60.1. The van der Waals surface area contributed by atoms with Gasteiger partial charge in [0, 0.05) is 108 Å². The number of hydrogen-bond acceptors (Lipinski definition) is 7. The minimum Gasteiger partial charge on any atom is -0.321 e. The molecule has 11 nitrogen and oxygen atoms in total. The van der Waals surface area contributed by atoms with Crippen molar-refractivity contribution in [2.45, 2.75) is 0 Å². The molecule has 22 rings (SSSR count). The number of halogens is 2. The van der Waals surface area contributed by atoms with Crippen LogP contribution in [0.5, 0.6) is 0 Å². The Morgan fingerprint density at radius 1 is 0.279 bits per heavy atom. The number of benzene rings is 17. The van der Waals surface area contributed by atoms with Crippen LogP contribution in [0.15, 0.2) is 440 Å². The molecule has 0 radical (unpaired) electrons. The Kier molecular flexibility index (Phi) is 20.6. The molecule has 580 valence electrons. The number of fused-ring (bicyclic) bond motifs is 11. The van der Waals surface area contributed by atoms with E-state index in [-0.39, 0.29) is 5.91 Å². The predicted molar refractivity (Wildman–Crippen MR) is 511 cm³/mol. The summed E-state index contributed by atoms with van der Waals surface area (Å²) in [6.45, 7) is 0. The normalized spacial score (nSPS) is 11.4. The number of nitrogens with zero attached hydrogens (tertiary/aromatic N) is 8. The van der Waals surface area contributed by atoms with Gasteiger partial charge >= 0.3 is 0 Å². The van der Waals surface area contributed by atoms with Crippen LogP contribution in [0, 0.1) is 0 Å². The highest BCUT2D eigenvalue weighted by molar-refractivity contribution is 9.10. The van der Waals surface area contributed by atoms with Gasteiger partial charge in [0.15, 0.2) is 7.14 Å². The lowest BCUT2D eigenvalue weighted by atomic mass is 9.99. The summed E-state index contributed by atoms with van der Waals surface area (Å²) in [4.78, 5) is 39.2. The number of para-hydroxylation sites is 6. The van der Waals surface area contributed by atoms with Crippen LogP contribution in [0.3, 0.4) is 0 Å². The molecule has 0 fully saturated rings. The number of hydrogen-bond donors (Lipinski definition) is 1. The maximum absolute atomic E-state index is 15.1. The molecule has 0 aliphatic heterocycles.